The van der Waals surface area contributed by atoms with Gasteiger partial charge in [0, 0.05) is 18.2 Å². The first-order chi connectivity index (χ1) is 8.25. The van der Waals surface area contributed by atoms with E-state index < -0.39 is 0 Å². The van der Waals surface area contributed by atoms with Crippen molar-refractivity contribution in [1.82, 2.24) is 0 Å². The number of hydrogen-bond acceptors (Lipinski definition) is 1. The van der Waals surface area contributed by atoms with Crippen molar-refractivity contribution in [3.05, 3.63) is 35.9 Å². The zero-order chi connectivity index (χ0) is 12.3. The van der Waals surface area contributed by atoms with Gasteiger partial charge in [0.2, 0.25) is 0 Å². The molecule has 0 saturated carbocycles. The standard InChI is InChI=1S/C15H19NO/c1-3-4-5-6-10-13-12-9-7-8-11-14(12)16(2)15(13)17/h7-11H,3-6H2,1-2H3/b13-10-. The van der Waals surface area contributed by atoms with Crippen LogP contribution >= 0.6 is 0 Å². The van der Waals surface area contributed by atoms with Crippen molar-refractivity contribution in [3.63, 3.8) is 0 Å². The first-order valence-corrected chi connectivity index (χ1v) is 6.33. The molecule has 0 saturated heterocycles. The fourth-order valence-corrected chi connectivity index (χ4v) is 2.24. The molecule has 0 fully saturated rings. The summed E-state index contributed by atoms with van der Waals surface area (Å²) in [4.78, 5) is 13.8. The van der Waals surface area contributed by atoms with Crippen LogP contribution < -0.4 is 4.90 Å². The molecule has 0 aromatic heterocycles. The van der Waals surface area contributed by atoms with Gasteiger partial charge in [-0.3, -0.25) is 4.79 Å². The monoisotopic (exact) mass is 229 g/mol. The second-order valence-electron chi connectivity index (χ2n) is 4.49. The smallest absolute Gasteiger partial charge is 0.258 e. The van der Waals surface area contributed by atoms with Gasteiger partial charge in [0.1, 0.15) is 0 Å². The number of amides is 1. The molecule has 1 heterocycles. The average molecular weight is 229 g/mol. The maximum Gasteiger partial charge on any atom is 0.258 e. The predicted octanol–water partition coefficient (Wildman–Crippen LogP) is 3.63. The van der Waals surface area contributed by atoms with Crippen LogP contribution in [0.15, 0.2) is 30.3 Å². The van der Waals surface area contributed by atoms with E-state index in [4.69, 9.17) is 0 Å². The molecule has 0 N–H and O–H groups in total. The molecular formula is C15H19NO. The van der Waals surface area contributed by atoms with Crippen molar-refractivity contribution in [2.45, 2.75) is 32.6 Å². The van der Waals surface area contributed by atoms with Crippen LogP contribution in [0.25, 0.3) is 5.57 Å². The SMILES string of the molecule is CCCCC/C=C1\C(=O)N(C)c2ccccc21. The second-order valence-corrected chi connectivity index (χ2v) is 4.49. The lowest BCUT2D eigenvalue weighted by atomic mass is 10.0. The topological polar surface area (TPSA) is 20.3 Å². The van der Waals surface area contributed by atoms with E-state index in [9.17, 15) is 4.79 Å². The summed E-state index contributed by atoms with van der Waals surface area (Å²) in [5.41, 5.74) is 2.98. The summed E-state index contributed by atoms with van der Waals surface area (Å²) in [5, 5.41) is 0. The van der Waals surface area contributed by atoms with Crippen LogP contribution in [0.5, 0.6) is 0 Å². The van der Waals surface area contributed by atoms with Gasteiger partial charge >= 0.3 is 0 Å². The molecule has 0 aliphatic carbocycles. The van der Waals surface area contributed by atoms with Gasteiger partial charge in [0.15, 0.2) is 0 Å². The Morgan fingerprint density at radius 3 is 2.76 bits per heavy atom. The van der Waals surface area contributed by atoms with Crippen molar-refractivity contribution in [3.8, 4) is 0 Å². The number of likely N-dealkylation sites (N-methyl/N-ethyl adjacent to an activating group) is 1. The number of carbonyl (C=O) groups is 1. The summed E-state index contributed by atoms with van der Waals surface area (Å²) in [6, 6.07) is 8.00. The number of fused-ring (bicyclic) bond motifs is 1. The Hall–Kier alpha value is -1.57. The molecule has 90 valence electrons. The minimum absolute atomic E-state index is 0.127. The van der Waals surface area contributed by atoms with Crippen LogP contribution in [0, 0.1) is 0 Å². The van der Waals surface area contributed by atoms with Crippen molar-refractivity contribution >= 4 is 17.2 Å². The van der Waals surface area contributed by atoms with Crippen molar-refractivity contribution < 1.29 is 4.79 Å². The summed E-state index contributed by atoms with van der Waals surface area (Å²) in [6.45, 7) is 2.19. The fraction of sp³-hybridized carbons (Fsp3) is 0.400. The highest BCUT2D eigenvalue weighted by molar-refractivity contribution is 6.32. The largest absolute Gasteiger partial charge is 0.311 e. The maximum absolute atomic E-state index is 12.1. The van der Waals surface area contributed by atoms with Crippen LogP contribution in [0.3, 0.4) is 0 Å². The lowest BCUT2D eigenvalue weighted by molar-refractivity contribution is -0.112. The first-order valence-electron chi connectivity index (χ1n) is 6.33. The normalized spacial score (nSPS) is 16.7. The van der Waals surface area contributed by atoms with E-state index in [1.807, 2.05) is 31.3 Å². The lowest BCUT2D eigenvalue weighted by Gasteiger charge is -2.07. The summed E-state index contributed by atoms with van der Waals surface area (Å²) in [5.74, 6) is 0.127. The van der Waals surface area contributed by atoms with Gasteiger partial charge in [0.25, 0.3) is 5.91 Å². The van der Waals surface area contributed by atoms with Gasteiger partial charge in [-0.25, -0.2) is 0 Å². The molecule has 1 amide bonds. The van der Waals surface area contributed by atoms with E-state index in [-0.39, 0.29) is 5.91 Å². The molecule has 1 aromatic rings. The van der Waals surface area contributed by atoms with Crippen LogP contribution in [-0.2, 0) is 4.79 Å². The molecular weight excluding hydrogens is 210 g/mol. The Morgan fingerprint density at radius 1 is 1.24 bits per heavy atom. The average Bonchev–Trinajstić information content (AvgIpc) is 2.60. The number of benzene rings is 1. The molecule has 0 radical (unpaired) electrons. The molecule has 0 unspecified atom stereocenters. The highest BCUT2D eigenvalue weighted by Gasteiger charge is 2.28. The van der Waals surface area contributed by atoms with E-state index >= 15 is 0 Å². The van der Waals surface area contributed by atoms with Crippen LogP contribution in [0.2, 0.25) is 0 Å². The van der Waals surface area contributed by atoms with Gasteiger partial charge in [-0.05, 0) is 18.9 Å². The highest BCUT2D eigenvalue weighted by Crippen LogP contribution is 2.35. The number of para-hydroxylation sites is 1. The third-order valence-corrected chi connectivity index (χ3v) is 3.25. The minimum Gasteiger partial charge on any atom is -0.311 e. The van der Waals surface area contributed by atoms with E-state index in [1.165, 1.54) is 19.3 Å². The molecule has 0 spiro atoms. The minimum atomic E-state index is 0.127. The molecule has 2 nitrogen and oxygen atoms in total. The Kier molecular flexibility index (Phi) is 3.62. The molecule has 1 aliphatic rings. The zero-order valence-corrected chi connectivity index (χ0v) is 10.6. The van der Waals surface area contributed by atoms with Crippen molar-refractivity contribution in [2.24, 2.45) is 0 Å². The summed E-state index contributed by atoms with van der Waals surface area (Å²) in [7, 11) is 1.84. The molecule has 1 aliphatic heterocycles. The highest BCUT2D eigenvalue weighted by atomic mass is 16.2. The number of rotatable bonds is 4. The third-order valence-electron chi connectivity index (χ3n) is 3.25. The number of carbonyl (C=O) groups excluding carboxylic acids is 1. The van der Waals surface area contributed by atoms with Crippen molar-refractivity contribution in [1.29, 1.82) is 0 Å². The predicted molar refractivity (Wildman–Crippen MR) is 72.0 cm³/mol. The second kappa shape index (κ2) is 5.17. The van der Waals surface area contributed by atoms with E-state index in [1.54, 1.807) is 4.90 Å². The number of allylic oxidation sites excluding steroid dienone is 1. The van der Waals surface area contributed by atoms with E-state index in [0.717, 1.165) is 23.2 Å². The molecule has 2 heteroatoms. The zero-order valence-electron chi connectivity index (χ0n) is 10.6. The van der Waals surface area contributed by atoms with Gasteiger partial charge in [-0.2, -0.15) is 0 Å². The third kappa shape index (κ3) is 2.26. The van der Waals surface area contributed by atoms with Gasteiger partial charge in [-0.1, -0.05) is 44.0 Å². The first kappa shape index (κ1) is 11.9. The van der Waals surface area contributed by atoms with Gasteiger partial charge < -0.3 is 4.90 Å². The van der Waals surface area contributed by atoms with Crippen molar-refractivity contribution in [2.75, 3.05) is 11.9 Å². The summed E-state index contributed by atoms with van der Waals surface area (Å²) >= 11 is 0. The molecule has 0 atom stereocenters. The Labute approximate surface area is 103 Å². The number of anilines is 1. The molecule has 2 rings (SSSR count). The fourth-order valence-electron chi connectivity index (χ4n) is 2.24. The van der Waals surface area contributed by atoms with E-state index in [2.05, 4.69) is 13.0 Å². The van der Waals surface area contributed by atoms with Gasteiger partial charge in [-0.15, -0.1) is 0 Å². The van der Waals surface area contributed by atoms with Crippen LogP contribution in [0.4, 0.5) is 5.69 Å². The van der Waals surface area contributed by atoms with Gasteiger partial charge in [0.05, 0.1) is 5.69 Å². The van der Waals surface area contributed by atoms with Crippen LogP contribution in [0.1, 0.15) is 38.2 Å². The van der Waals surface area contributed by atoms with Crippen LogP contribution in [-0.4, -0.2) is 13.0 Å². The Morgan fingerprint density at radius 2 is 2.00 bits per heavy atom. The maximum atomic E-state index is 12.1. The summed E-state index contributed by atoms with van der Waals surface area (Å²) < 4.78 is 0. The number of nitrogens with zero attached hydrogens (tertiary/aromatic N) is 1. The Balaban J connectivity index is 2.21. The molecule has 0 bridgehead atoms. The summed E-state index contributed by atoms with van der Waals surface area (Å²) in [6.07, 6.45) is 6.71. The molecule has 1 aromatic carbocycles. The lowest BCUT2D eigenvalue weighted by Crippen LogP contribution is -2.20. The number of hydrogen-bond donors (Lipinski definition) is 0. The molecule has 17 heavy (non-hydrogen) atoms. The van der Waals surface area contributed by atoms with E-state index in [0.29, 0.717) is 0 Å². The quantitative estimate of drug-likeness (QED) is 0.570. The Bertz CT molecular complexity index is 448. The number of unbranched alkanes of at least 4 members (excludes halogenated alkanes) is 3.